The SMILES string of the molecule is CO/N=C(\N)c1ccc(COc2ccc(/C(N)=N/OC)cc2Br)cc1.Cl.Cl. The third kappa shape index (κ3) is 7.16. The molecule has 2 rings (SSSR count). The van der Waals surface area contributed by atoms with Gasteiger partial charge in [-0.3, -0.25) is 0 Å². The van der Waals surface area contributed by atoms with Crippen molar-refractivity contribution in [1.82, 2.24) is 0 Å². The Labute approximate surface area is 178 Å². The zero-order valence-corrected chi connectivity index (χ0v) is 17.9. The van der Waals surface area contributed by atoms with Crippen LogP contribution in [0.5, 0.6) is 5.75 Å². The Bertz CT molecular complexity index is 786. The smallest absolute Gasteiger partial charge is 0.170 e. The maximum atomic E-state index is 5.82. The zero-order chi connectivity index (χ0) is 18.2. The lowest BCUT2D eigenvalue weighted by Crippen LogP contribution is -2.13. The molecule has 0 saturated carbocycles. The van der Waals surface area contributed by atoms with E-state index in [9.17, 15) is 0 Å². The van der Waals surface area contributed by atoms with Crippen LogP contribution in [0.1, 0.15) is 16.7 Å². The van der Waals surface area contributed by atoms with E-state index in [4.69, 9.17) is 16.2 Å². The summed E-state index contributed by atoms with van der Waals surface area (Å²) in [7, 11) is 2.90. The molecule has 0 radical (unpaired) electrons. The second kappa shape index (κ2) is 12.3. The van der Waals surface area contributed by atoms with Crippen molar-refractivity contribution in [2.24, 2.45) is 21.8 Å². The minimum absolute atomic E-state index is 0. The van der Waals surface area contributed by atoms with Gasteiger partial charge < -0.3 is 25.9 Å². The van der Waals surface area contributed by atoms with Gasteiger partial charge in [0.05, 0.1) is 4.47 Å². The Balaban J connectivity index is 0.00000338. The minimum atomic E-state index is 0. The molecule has 27 heavy (non-hydrogen) atoms. The second-order valence-electron chi connectivity index (χ2n) is 4.95. The van der Waals surface area contributed by atoms with E-state index in [0.717, 1.165) is 21.2 Å². The largest absolute Gasteiger partial charge is 0.488 e. The summed E-state index contributed by atoms with van der Waals surface area (Å²) in [6.45, 7) is 0.404. The molecule has 2 aromatic carbocycles. The number of nitrogens with zero attached hydrogens (tertiary/aromatic N) is 2. The van der Waals surface area contributed by atoms with Crippen molar-refractivity contribution in [3.8, 4) is 5.75 Å². The van der Waals surface area contributed by atoms with E-state index < -0.39 is 0 Å². The molecule has 0 aliphatic carbocycles. The van der Waals surface area contributed by atoms with Gasteiger partial charge in [-0.05, 0) is 39.7 Å². The molecule has 0 unspecified atom stereocenters. The number of nitrogens with two attached hydrogens (primary N) is 2. The molecule has 0 heterocycles. The molecular weight excluding hydrogens is 459 g/mol. The molecule has 4 N–H and O–H groups in total. The predicted octanol–water partition coefficient (Wildman–Crippen LogP) is 3.41. The van der Waals surface area contributed by atoms with E-state index in [2.05, 4.69) is 35.9 Å². The molecule has 10 heteroatoms. The van der Waals surface area contributed by atoms with Gasteiger partial charge in [0.2, 0.25) is 0 Å². The molecule has 0 aromatic heterocycles. The van der Waals surface area contributed by atoms with Gasteiger partial charge in [0.25, 0.3) is 0 Å². The monoisotopic (exact) mass is 478 g/mol. The average Bonchev–Trinajstić information content (AvgIpc) is 2.61. The highest BCUT2D eigenvalue weighted by atomic mass is 79.9. The highest BCUT2D eigenvalue weighted by molar-refractivity contribution is 9.10. The molecule has 0 atom stereocenters. The second-order valence-corrected chi connectivity index (χ2v) is 5.80. The van der Waals surface area contributed by atoms with E-state index in [1.807, 2.05) is 42.5 Å². The fourth-order valence-electron chi connectivity index (χ4n) is 2.01. The van der Waals surface area contributed by atoms with E-state index in [1.165, 1.54) is 14.2 Å². The van der Waals surface area contributed by atoms with Crippen molar-refractivity contribution in [2.75, 3.05) is 14.2 Å². The van der Waals surface area contributed by atoms with Crippen molar-refractivity contribution in [2.45, 2.75) is 6.61 Å². The molecule has 0 fully saturated rings. The normalized spacial score (nSPS) is 11.1. The van der Waals surface area contributed by atoms with E-state index >= 15 is 0 Å². The van der Waals surface area contributed by atoms with Crippen molar-refractivity contribution < 1.29 is 14.4 Å². The first-order chi connectivity index (χ1) is 12.0. The lowest BCUT2D eigenvalue weighted by molar-refractivity contribution is 0.213. The third-order valence-corrected chi connectivity index (χ3v) is 3.87. The first-order valence-electron chi connectivity index (χ1n) is 7.30. The molecule has 0 bridgehead atoms. The number of hydrogen-bond donors (Lipinski definition) is 2. The van der Waals surface area contributed by atoms with Gasteiger partial charge in [0.15, 0.2) is 11.7 Å². The quantitative estimate of drug-likeness (QED) is 0.359. The van der Waals surface area contributed by atoms with Crippen LogP contribution in [0.15, 0.2) is 57.2 Å². The Morgan fingerprint density at radius 1 is 0.889 bits per heavy atom. The van der Waals surface area contributed by atoms with Gasteiger partial charge >= 0.3 is 0 Å². The summed E-state index contributed by atoms with van der Waals surface area (Å²) in [5.41, 5.74) is 14.1. The van der Waals surface area contributed by atoms with E-state index in [-0.39, 0.29) is 24.8 Å². The lowest BCUT2D eigenvalue weighted by atomic mass is 10.1. The molecule has 148 valence electrons. The fraction of sp³-hybridized carbons (Fsp3) is 0.176. The van der Waals surface area contributed by atoms with Crippen LogP contribution in [-0.2, 0) is 16.3 Å². The maximum Gasteiger partial charge on any atom is 0.170 e. The first kappa shape index (κ1) is 24.8. The molecule has 2 aromatic rings. The molecular formula is C17H21BrCl2N4O3. The summed E-state index contributed by atoms with van der Waals surface area (Å²) in [5.74, 6) is 1.31. The van der Waals surface area contributed by atoms with Gasteiger partial charge in [-0.1, -0.05) is 34.6 Å². The third-order valence-electron chi connectivity index (χ3n) is 3.25. The number of benzene rings is 2. The Hall–Kier alpha value is -2.16. The van der Waals surface area contributed by atoms with Gasteiger partial charge in [-0.25, -0.2) is 0 Å². The summed E-state index contributed by atoms with van der Waals surface area (Å²) in [4.78, 5) is 9.32. The summed E-state index contributed by atoms with van der Waals surface area (Å²) in [5, 5.41) is 7.39. The van der Waals surface area contributed by atoms with Crippen molar-refractivity contribution in [3.63, 3.8) is 0 Å². The zero-order valence-electron chi connectivity index (χ0n) is 14.7. The van der Waals surface area contributed by atoms with E-state index in [1.54, 1.807) is 0 Å². The van der Waals surface area contributed by atoms with Crippen LogP contribution >= 0.6 is 40.7 Å². The van der Waals surface area contributed by atoms with E-state index in [0.29, 0.717) is 24.0 Å². The number of hydrogen-bond acceptors (Lipinski definition) is 5. The highest BCUT2D eigenvalue weighted by Crippen LogP contribution is 2.27. The van der Waals surface area contributed by atoms with Crippen LogP contribution in [0.25, 0.3) is 0 Å². The summed E-state index contributed by atoms with van der Waals surface area (Å²) < 4.78 is 6.59. The first-order valence-corrected chi connectivity index (χ1v) is 8.09. The summed E-state index contributed by atoms with van der Waals surface area (Å²) in [6, 6.07) is 13.0. The molecule has 7 nitrogen and oxygen atoms in total. The highest BCUT2D eigenvalue weighted by Gasteiger charge is 2.07. The van der Waals surface area contributed by atoms with Crippen molar-refractivity contribution in [1.29, 1.82) is 0 Å². The van der Waals surface area contributed by atoms with Gasteiger partial charge in [-0.2, -0.15) is 0 Å². The number of halogens is 3. The maximum absolute atomic E-state index is 5.82. The summed E-state index contributed by atoms with van der Waals surface area (Å²) >= 11 is 3.47. The van der Waals surface area contributed by atoms with Crippen LogP contribution in [0, 0.1) is 0 Å². The van der Waals surface area contributed by atoms with Gasteiger partial charge in [0.1, 0.15) is 26.6 Å². The standard InChI is InChI=1S/C17H19BrN4O3.2ClH/c1-23-21-16(19)12-5-3-11(4-6-12)10-25-15-8-7-13(9-14(15)18)17(20)22-24-2;;/h3-9H,10H2,1-2H3,(H2,19,21)(H2,20,22);2*1H. The van der Waals surface area contributed by atoms with Crippen molar-refractivity contribution >= 4 is 52.4 Å². The average molecular weight is 480 g/mol. The molecule has 0 aliphatic rings. The van der Waals surface area contributed by atoms with Crippen LogP contribution in [-0.4, -0.2) is 25.9 Å². The molecule has 0 aliphatic heterocycles. The molecule has 0 saturated heterocycles. The molecule has 0 amide bonds. The topological polar surface area (TPSA) is 104 Å². The van der Waals surface area contributed by atoms with Crippen molar-refractivity contribution in [3.05, 3.63) is 63.6 Å². The number of amidine groups is 2. The number of oxime groups is 2. The minimum Gasteiger partial charge on any atom is -0.488 e. The van der Waals surface area contributed by atoms with Crippen LogP contribution in [0.3, 0.4) is 0 Å². The fourth-order valence-corrected chi connectivity index (χ4v) is 2.51. The van der Waals surface area contributed by atoms with Crippen LogP contribution in [0.2, 0.25) is 0 Å². The number of rotatable bonds is 7. The predicted molar refractivity (Wildman–Crippen MR) is 115 cm³/mol. The van der Waals surface area contributed by atoms with Crippen LogP contribution < -0.4 is 16.2 Å². The van der Waals surface area contributed by atoms with Gasteiger partial charge in [0, 0.05) is 11.1 Å². The summed E-state index contributed by atoms with van der Waals surface area (Å²) in [6.07, 6.45) is 0. The lowest BCUT2D eigenvalue weighted by Gasteiger charge is -2.10. The number of ether oxygens (including phenoxy) is 1. The Kier molecular flexibility index (Phi) is 11.3. The van der Waals surface area contributed by atoms with Gasteiger partial charge in [-0.15, -0.1) is 24.8 Å². The Morgan fingerprint density at radius 3 is 1.93 bits per heavy atom. The molecule has 0 spiro atoms. The van der Waals surface area contributed by atoms with Crippen LogP contribution in [0.4, 0.5) is 0 Å². The Morgan fingerprint density at radius 2 is 1.41 bits per heavy atom.